The molecular formula is C21H20ClF3N4O5S. The summed E-state index contributed by atoms with van der Waals surface area (Å²) in [6.45, 7) is 0.244. The van der Waals surface area contributed by atoms with Crippen molar-refractivity contribution in [3.63, 3.8) is 0 Å². The highest BCUT2D eigenvalue weighted by atomic mass is 35.5. The molecule has 0 radical (unpaired) electrons. The number of alkyl halides is 3. The van der Waals surface area contributed by atoms with Crippen LogP contribution in [0.15, 0.2) is 36.8 Å². The Balaban J connectivity index is 1.50. The predicted octanol–water partition coefficient (Wildman–Crippen LogP) is 3.81. The molecule has 0 bridgehead atoms. The second-order valence-corrected chi connectivity index (χ2v) is 11.1. The van der Waals surface area contributed by atoms with Crippen molar-refractivity contribution >= 4 is 33.0 Å². The minimum absolute atomic E-state index is 0.00303. The minimum Gasteiger partial charge on any atom is -0.478 e. The first kappa shape index (κ1) is 25.0. The van der Waals surface area contributed by atoms with E-state index in [4.69, 9.17) is 21.1 Å². The van der Waals surface area contributed by atoms with Gasteiger partial charge in [-0.3, -0.25) is 4.79 Å². The zero-order valence-electron chi connectivity index (χ0n) is 18.3. The Morgan fingerprint density at radius 3 is 2.66 bits per heavy atom. The van der Waals surface area contributed by atoms with Crippen molar-refractivity contribution in [1.29, 1.82) is 0 Å². The summed E-state index contributed by atoms with van der Waals surface area (Å²) in [5.41, 5.74) is -0.147. The van der Waals surface area contributed by atoms with Crippen molar-refractivity contribution in [2.75, 3.05) is 18.1 Å². The molecule has 3 aromatic heterocycles. The Hall–Kier alpha value is -3.06. The summed E-state index contributed by atoms with van der Waals surface area (Å²) in [6, 6.07) is 4.21. The molecule has 1 aliphatic heterocycles. The van der Waals surface area contributed by atoms with Gasteiger partial charge in [0.2, 0.25) is 0 Å². The standard InChI is InChI=1S/C21H20ClF3N4O5S/c1-20(4-6-35(31,32)7-5-20)28-18(30)15-11-29-10-14(2-3-17(29)27-15)34-19-16(8-13(22)9-26-19)33-12-21(23,24)25/h2-3,8-11H,4-7,12H2,1H3,(H,28,30). The number of imidazole rings is 1. The second kappa shape index (κ2) is 9.19. The monoisotopic (exact) mass is 532 g/mol. The molecular weight excluding hydrogens is 513 g/mol. The Labute approximate surface area is 203 Å². The number of halogens is 4. The molecule has 1 amide bonds. The van der Waals surface area contributed by atoms with Gasteiger partial charge in [0.1, 0.15) is 26.9 Å². The number of nitrogens with one attached hydrogen (secondary N) is 1. The summed E-state index contributed by atoms with van der Waals surface area (Å²) in [6.07, 6.45) is 0.176. The Morgan fingerprint density at radius 1 is 1.26 bits per heavy atom. The number of aromatic nitrogens is 3. The third-order valence-electron chi connectivity index (χ3n) is 5.39. The molecule has 0 aliphatic carbocycles. The molecule has 14 heteroatoms. The molecule has 0 aromatic carbocycles. The zero-order chi connectivity index (χ0) is 25.4. The van der Waals surface area contributed by atoms with E-state index in [0.717, 1.165) is 6.07 Å². The summed E-state index contributed by atoms with van der Waals surface area (Å²) < 4.78 is 72.9. The lowest BCUT2D eigenvalue weighted by atomic mass is 9.95. The first-order valence-electron chi connectivity index (χ1n) is 10.4. The smallest absolute Gasteiger partial charge is 0.422 e. The van der Waals surface area contributed by atoms with Crippen LogP contribution in [-0.2, 0) is 9.84 Å². The fraction of sp³-hybridized carbons (Fsp3) is 0.381. The Kier molecular flexibility index (Phi) is 6.58. The maximum absolute atomic E-state index is 12.8. The number of nitrogens with zero attached hydrogens (tertiary/aromatic N) is 3. The lowest BCUT2D eigenvalue weighted by molar-refractivity contribution is -0.153. The van der Waals surface area contributed by atoms with Crippen LogP contribution in [0.2, 0.25) is 5.02 Å². The van der Waals surface area contributed by atoms with Crippen molar-refractivity contribution < 1.29 is 35.9 Å². The van der Waals surface area contributed by atoms with E-state index in [2.05, 4.69) is 15.3 Å². The van der Waals surface area contributed by atoms with Gasteiger partial charge in [0.05, 0.1) is 22.7 Å². The van der Waals surface area contributed by atoms with Crippen LogP contribution in [0, 0.1) is 0 Å². The minimum atomic E-state index is -4.56. The van der Waals surface area contributed by atoms with Crippen LogP contribution in [0.5, 0.6) is 17.4 Å². The van der Waals surface area contributed by atoms with E-state index in [1.165, 1.54) is 29.1 Å². The summed E-state index contributed by atoms with van der Waals surface area (Å²) >= 11 is 5.81. The second-order valence-electron chi connectivity index (χ2n) is 8.39. The molecule has 1 N–H and O–H groups in total. The molecule has 1 saturated heterocycles. The molecule has 4 heterocycles. The number of rotatable bonds is 6. The molecule has 4 rings (SSSR count). The lowest BCUT2D eigenvalue weighted by Gasteiger charge is -2.34. The van der Waals surface area contributed by atoms with Crippen LogP contribution in [-0.4, -0.2) is 58.5 Å². The number of pyridine rings is 2. The fourth-order valence-corrected chi connectivity index (χ4v) is 5.33. The maximum atomic E-state index is 12.8. The summed E-state index contributed by atoms with van der Waals surface area (Å²) in [5, 5.41) is 2.93. The number of carbonyl (C=O) groups excluding carboxylic acids is 1. The van der Waals surface area contributed by atoms with Gasteiger partial charge < -0.3 is 19.2 Å². The number of fused-ring (bicyclic) bond motifs is 1. The fourth-order valence-electron chi connectivity index (χ4n) is 3.45. The zero-order valence-corrected chi connectivity index (χ0v) is 19.9. The van der Waals surface area contributed by atoms with E-state index >= 15 is 0 Å². The van der Waals surface area contributed by atoms with Gasteiger partial charge >= 0.3 is 6.18 Å². The highest BCUT2D eigenvalue weighted by Crippen LogP contribution is 2.33. The highest BCUT2D eigenvalue weighted by Gasteiger charge is 2.35. The summed E-state index contributed by atoms with van der Waals surface area (Å²) in [7, 11) is -3.08. The topological polar surface area (TPSA) is 112 Å². The van der Waals surface area contributed by atoms with Crippen LogP contribution < -0.4 is 14.8 Å². The van der Waals surface area contributed by atoms with E-state index in [0.29, 0.717) is 18.5 Å². The number of ether oxygens (including phenoxy) is 2. The molecule has 9 nitrogen and oxygen atoms in total. The van der Waals surface area contributed by atoms with E-state index in [1.54, 1.807) is 13.0 Å². The Bertz CT molecular complexity index is 1360. The molecule has 0 saturated carbocycles. The third kappa shape index (κ3) is 6.34. The van der Waals surface area contributed by atoms with Crippen LogP contribution in [0.3, 0.4) is 0 Å². The van der Waals surface area contributed by atoms with Gasteiger partial charge in [-0.1, -0.05) is 11.6 Å². The van der Waals surface area contributed by atoms with Gasteiger partial charge in [-0.2, -0.15) is 13.2 Å². The van der Waals surface area contributed by atoms with Crippen molar-refractivity contribution in [2.24, 2.45) is 0 Å². The molecule has 1 fully saturated rings. The predicted molar refractivity (Wildman–Crippen MR) is 120 cm³/mol. The van der Waals surface area contributed by atoms with E-state index in [9.17, 15) is 26.4 Å². The van der Waals surface area contributed by atoms with E-state index in [-0.39, 0.29) is 39.6 Å². The van der Waals surface area contributed by atoms with E-state index in [1.807, 2.05) is 0 Å². The van der Waals surface area contributed by atoms with Crippen LogP contribution in [0.4, 0.5) is 13.2 Å². The average Bonchev–Trinajstić information content (AvgIpc) is 3.19. The molecule has 0 unspecified atom stereocenters. The number of hydrogen-bond donors (Lipinski definition) is 1. The molecule has 0 spiro atoms. The third-order valence-corrected chi connectivity index (χ3v) is 7.25. The van der Waals surface area contributed by atoms with Crippen molar-refractivity contribution in [3.8, 4) is 17.4 Å². The molecule has 188 valence electrons. The SMILES string of the molecule is CC1(NC(=O)c2cn3cc(Oc4ncc(Cl)cc4OCC(F)(F)F)ccc3n2)CCS(=O)(=O)CC1. The number of carbonyl (C=O) groups is 1. The first-order chi connectivity index (χ1) is 16.3. The largest absolute Gasteiger partial charge is 0.478 e. The van der Waals surface area contributed by atoms with Crippen molar-refractivity contribution in [2.45, 2.75) is 31.5 Å². The molecule has 1 aliphatic rings. The maximum Gasteiger partial charge on any atom is 0.422 e. The number of amides is 1. The van der Waals surface area contributed by atoms with E-state index < -0.39 is 34.1 Å². The van der Waals surface area contributed by atoms with Gasteiger partial charge in [0, 0.05) is 24.0 Å². The quantitative estimate of drug-likeness (QED) is 0.513. The molecule has 0 atom stereocenters. The molecule has 35 heavy (non-hydrogen) atoms. The van der Waals surface area contributed by atoms with Gasteiger partial charge in [0.15, 0.2) is 12.4 Å². The average molecular weight is 533 g/mol. The number of hydrogen-bond acceptors (Lipinski definition) is 7. The van der Waals surface area contributed by atoms with Crippen molar-refractivity contribution in [1.82, 2.24) is 19.7 Å². The lowest BCUT2D eigenvalue weighted by Crippen LogP contribution is -2.51. The van der Waals surface area contributed by atoms with Gasteiger partial charge in [-0.05, 0) is 31.9 Å². The van der Waals surface area contributed by atoms with Crippen LogP contribution in [0.1, 0.15) is 30.3 Å². The highest BCUT2D eigenvalue weighted by molar-refractivity contribution is 7.91. The van der Waals surface area contributed by atoms with Gasteiger partial charge in [0.25, 0.3) is 11.8 Å². The first-order valence-corrected chi connectivity index (χ1v) is 12.6. The molecule has 3 aromatic rings. The van der Waals surface area contributed by atoms with Crippen molar-refractivity contribution in [3.05, 3.63) is 47.5 Å². The Morgan fingerprint density at radius 2 is 1.97 bits per heavy atom. The number of sulfone groups is 1. The van der Waals surface area contributed by atoms with Gasteiger partial charge in [-0.15, -0.1) is 0 Å². The normalized spacial score (nSPS) is 17.2. The summed E-state index contributed by atoms with van der Waals surface area (Å²) in [4.78, 5) is 20.9. The summed E-state index contributed by atoms with van der Waals surface area (Å²) in [5.74, 6) is -0.774. The van der Waals surface area contributed by atoms with Crippen LogP contribution >= 0.6 is 11.6 Å². The van der Waals surface area contributed by atoms with Gasteiger partial charge in [-0.25, -0.2) is 18.4 Å². The van der Waals surface area contributed by atoms with Crippen LogP contribution in [0.25, 0.3) is 5.65 Å².